The average Bonchev–Trinajstić information content (AvgIpc) is 2.59. The van der Waals surface area contributed by atoms with Crippen molar-refractivity contribution in [1.82, 2.24) is 20.3 Å². The lowest BCUT2D eigenvalue weighted by molar-refractivity contribution is 0.0946. The van der Waals surface area contributed by atoms with E-state index in [-0.39, 0.29) is 5.91 Å². The molecule has 0 aliphatic carbocycles. The molecule has 0 saturated heterocycles. The number of carbonyl (C=O) groups excluding carboxylic acids is 1. The topological polar surface area (TPSA) is 71.0 Å². The molecule has 1 amide bonds. The van der Waals surface area contributed by atoms with Crippen molar-refractivity contribution in [2.24, 2.45) is 5.92 Å². The molecular formula is C19H27N5O. The number of anilines is 1. The first-order valence-electron chi connectivity index (χ1n) is 8.69. The van der Waals surface area contributed by atoms with Crippen LogP contribution in [0.15, 0.2) is 30.6 Å². The van der Waals surface area contributed by atoms with Gasteiger partial charge in [0.1, 0.15) is 17.3 Å². The molecule has 0 atom stereocenters. The van der Waals surface area contributed by atoms with Crippen LogP contribution in [0.3, 0.4) is 0 Å². The van der Waals surface area contributed by atoms with E-state index in [0.29, 0.717) is 24.0 Å². The quantitative estimate of drug-likeness (QED) is 0.799. The van der Waals surface area contributed by atoms with Gasteiger partial charge in [-0.05, 0) is 43.4 Å². The lowest BCUT2D eigenvalue weighted by Gasteiger charge is -2.19. The van der Waals surface area contributed by atoms with Crippen molar-refractivity contribution in [2.45, 2.75) is 33.6 Å². The monoisotopic (exact) mass is 341 g/mol. The summed E-state index contributed by atoms with van der Waals surface area (Å²) in [5, 5.41) is 2.93. The summed E-state index contributed by atoms with van der Waals surface area (Å²) in [6.07, 6.45) is 5.43. The van der Waals surface area contributed by atoms with Crippen LogP contribution < -0.4 is 10.2 Å². The Morgan fingerprint density at radius 3 is 2.64 bits per heavy atom. The predicted octanol–water partition coefficient (Wildman–Crippen LogP) is 2.63. The van der Waals surface area contributed by atoms with Crippen LogP contribution in [0.25, 0.3) is 0 Å². The van der Waals surface area contributed by atoms with Gasteiger partial charge in [-0.15, -0.1) is 0 Å². The Morgan fingerprint density at radius 2 is 1.96 bits per heavy atom. The van der Waals surface area contributed by atoms with E-state index < -0.39 is 0 Å². The second-order valence-corrected chi connectivity index (χ2v) is 6.62. The molecule has 0 aliphatic heterocycles. The summed E-state index contributed by atoms with van der Waals surface area (Å²) in [6.45, 7) is 7.54. The minimum atomic E-state index is -0.144. The summed E-state index contributed by atoms with van der Waals surface area (Å²) in [5.41, 5.74) is 1.64. The summed E-state index contributed by atoms with van der Waals surface area (Å²) < 4.78 is 0. The molecule has 2 aromatic heterocycles. The molecule has 2 heterocycles. The van der Waals surface area contributed by atoms with Crippen molar-refractivity contribution in [3.8, 4) is 0 Å². The maximum Gasteiger partial charge on any atom is 0.270 e. The Hall–Kier alpha value is -2.50. The number of aryl methyl sites for hydroxylation is 1. The summed E-state index contributed by atoms with van der Waals surface area (Å²) >= 11 is 0. The van der Waals surface area contributed by atoms with E-state index >= 15 is 0 Å². The molecule has 6 heteroatoms. The van der Waals surface area contributed by atoms with Crippen molar-refractivity contribution >= 4 is 11.7 Å². The lowest BCUT2D eigenvalue weighted by atomic mass is 10.1. The molecule has 0 fully saturated rings. The van der Waals surface area contributed by atoms with Gasteiger partial charge in [0.05, 0.1) is 0 Å². The smallest absolute Gasteiger partial charge is 0.270 e. The number of aromatic nitrogens is 3. The molecule has 1 N–H and O–H groups in total. The normalized spacial score (nSPS) is 10.8. The highest BCUT2D eigenvalue weighted by molar-refractivity contribution is 5.92. The second kappa shape index (κ2) is 9.11. The van der Waals surface area contributed by atoms with Crippen LogP contribution in [0.4, 0.5) is 5.82 Å². The van der Waals surface area contributed by atoms with Crippen LogP contribution >= 0.6 is 0 Å². The van der Waals surface area contributed by atoms with Gasteiger partial charge in [-0.1, -0.05) is 13.8 Å². The zero-order valence-corrected chi connectivity index (χ0v) is 15.5. The SMILES string of the molecule is Cc1nc(C(=O)NCCC(C)C)cc(N(C)CCc2ccncc2)n1. The first kappa shape index (κ1) is 18.8. The van der Waals surface area contributed by atoms with Crippen molar-refractivity contribution in [3.63, 3.8) is 0 Å². The summed E-state index contributed by atoms with van der Waals surface area (Å²) in [5.74, 6) is 1.77. The van der Waals surface area contributed by atoms with E-state index in [2.05, 4.69) is 34.1 Å². The Kier molecular flexibility index (Phi) is 6.86. The number of nitrogens with zero attached hydrogens (tertiary/aromatic N) is 4. The zero-order valence-electron chi connectivity index (χ0n) is 15.5. The molecule has 6 nitrogen and oxygen atoms in total. The number of hydrogen-bond donors (Lipinski definition) is 1. The van der Waals surface area contributed by atoms with E-state index in [1.807, 2.05) is 31.0 Å². The third kappa shape index (κ3) is 6.14. The highest BCUT2D eigenvalue weighted by atomic mass is 16.1. The van der Waals surface area contributed by atoms with Crippen molar-refractivity contribution < 1.29 is 4.79 Å². The minimum Gasteiger partial charge on any atom is -0.359 e. The van der Waals surface area contributed by atoms with Crippen LogP contribution in [0, 0.1) is 12.8 Å². The molecular weight excluding hydrogens is 314 g/mol. The van der Waals surface area contributed by atoms with Crippen molar-refractivity contribution in [1.29, 1.82) is 0 Å². The van der Waals surface area contributed by atoms with E-state index in [4.69, 9.17) is 0 Å². The Labute approximate surface area is 149 Å². The lowest BCUT2D eigenvalue weighted by Crippen LogP contribution is -2.28. The van der Waals surface area contributed by atoms with Gasteiger partial charge in [0.25, 0.3) is 5.91 Å². The molecule has 0 radical (unpaired) electrons. The van der Waals surface area contributed by atoms with Gasteiger partial charge in [-0.25, -0.2) is 9.97 Å². The van der Waals surface area contributed by atoms with Gasteiger partial charge >= 0.3 is 0 Å². The van der Waals surface area contributed by atoms with Crippen LogP contribution in [0.2, 0.25) is 0 Å². The van der Waals surface area contributed by atoms with E-state index in [1.54, 1.807) is 18.5 Å². The highest BCUT2D eigenvalue weighted by Gasteiger charge is 2.12. The van der Waals surface area contributed by atoms with E-state index in [1.165, 1.54) is 5.56 Å². The maximum absolute atomic E-state index is 12.3. The third-order valence-electron chi connectivity index (χ3n) is 3.94. The maximum atomic E-state index is 12.3. The largest absolute Gasteiger partial charge is 0.359 e. The van der Waals surface area contributed by atoms with Gasteiger partial charge < -0.3 is 10.2 Å². The summed E-state index contributed by atoms with van der Waals surface area (Å²) in [7, 11) is 1.98. The van der Waals surface area contributed by atoms with Crippen molar-refractivity contribution in [2.75, 3.05) is 25.0 Å². The van der Waals surface area contributed by atoms with Gasteiger partial charge in [-0.2, -0.15) is 0 Å². The number of likely N-dealkylation sites (N-methyl/N-ethyl adjacent to an activating group) is 1. The number of rotatable bonds is 8. The third-order valence-corrected chi connectivity index (χ3v) is 3.94. The molecule has 0 aliphatic rings. The molecule has 0 unspecified atom stereocenters. The van der Waals surface area contributed by atoms with Crippen LogP contribution in [-0.4, -0.2) is 41.0 Å². The Balaban J connectivity index is 2.00. The number of nitrogens with one attached hydrogen (secondary N) is 1. The standard InChI is InChI=1S/C19H27N5O/c1-14(2)5-11-21-19(25)17-13-18(23-15(3)22-17)24(4)12-8-16-6-9-20-10-7-16/h6-7,9-10,13-14H,5,8,11-12H2,1-4H3,(H,21,25). The van der Waals surface area contributed by atoms with Crippen LogP contribution in [0.5, 0.6) is 0 Å². The number of pyridine rings is 1. The van der Waals surface area contributed by atoms with Gasteiger partial charge in [0.15, 0.2) is 0 Å². The van der Waals surface area contributed by atoms with Crippen LogP contribution in [-0.2, 0) is 6.42 Å². The highest BCUT2D eigenvalue weighted by Crippen LogP contribution is 2.12. The second-order valence-electron chi connectivity index (χ2n) is 6.62. The van der Waals surface area contributed by atoms with E-state index in [9.17, 15) is 4.79 Å². The Bertz CT molecular complexity index is 687. The average molecular weight is 341 g/mol. The number of hydrogen-bond acceptors (Lipinski definition) is 5. The fourth-order valence-corrected chi connectivity index (χ4v) is 2.39. The first-order valence-corrected chi connectivity index (χ1v) is 8.69. The summed E-state index contributed by atoms with van der Waals surface area (Å²) in [6, 6.07) is 5.77. The molecule has 0 saturated carbocycles. The fraction of sp³-hybridized carbons (Fsp3) is 0.474. The fourth-order valence-electron chi connectivity index (χ4n) is 2.39. The summed E-state index contributed by atoms with van der Waals surface area (Å²) in [4.78, 5) is 27.1. The predicted molar refractivity (Wildman–Crippen MR) is 99.8 cm³/mol. The molecule has 25 heavy (non-hydrogen) atoms. The molecule has 0 bridgehead atoms. The molecule has 134 valence electrons. The van der Waals surface area contributed by atoms with E-state index in [0.717, 1.165) is 25.2 Å². The number of amides is 1. The first-order chi connectivity index (χ1) is 12.0. The molecule has 0 aromatic carbocycles. The van der Waals surface area contributed by atoms with Gasteiger partial charge in [-0.3, -0.25) is 9.78 Å². The molecule has 2 rings (SSSR count). The van der Waals surface area contributed by atoms with Gasteiger partial charge in [0, 0.05) is 38.6 Å². The molecule has 0 spiro atoms. The van der Waals surface area contributed by atoms with Crippen LogP contribution in [0.1, 0.15) is 42.1 Å². The minimum absolute atomic E-state index is 0.144. The number of carbonyl (C=O) groups is 1. The molecule has 2 aromatic rings. The van der Waals surface area contributed by atoms with Crippen molar-refractivity contribution in [3.05, 3.63) is 47.7 Å². The van der Waals surface area contributed by atoms with Gasteiger partial charge in [0.2, 0.25) is 0 Å². The Morgan fingerprint density at radius 1 is 1.24 bits per heavy atom. The zero-order chi connectivity index (χ0) is 18.2.